The van der Waals surface area contributed by atoms with E-state index in [0.717, 1.165) is 24.0 Å². The molecular formula is C13H14O3. The molecule has 1 saturated carbocycles. The van der Waals surface area contributed by atoms with Gasteiger partial charge in [0.25, 0.3) is 0 Å². The molecule has 0 heterocycles. The van der Waals surface area contributed by atoms with Gasteiger partial charge in [-0.2, -0.15) is 0 Å². The largest absolute Gasteiger partial charge is 0.469 e. The van der Waals surface area contributed by atoms with Crippen molar-refractivity contribution in [1.82, 2.24) is 0 Å². The fraction of sp³-hybridized carbons (Fsp3) is 0.385. The van der Waals surface area contributed by atoms with E-state index in [4.69, 9.17) is 0 Å². The molecule has 1 aromatic carbocycles. The van der Waals surface area contributed by atoms with E-state index >= 15 is 0 Å². The van der Waals surface area contributed by atoms with Gasteiger partial charge in [0.2, 0.25) is 0 Å². The molecule has 3 nitrogen and oxygen atoms in total. The zero-order valence-corrected chi connectivity index (χ0v) is 9.23. The number of carbonyl (C=O) groups is 2. The van der Waals surface area contributed by atoms with Crippen LogP contribution in [0.4, 0.5) is 0 Å². The van der Waals surface area contributed by atoms with E-state index in [1.54, 1.807) is 12.1 Å². The molecule has 0 unspecified atom stereocenters. The molecule has 0 bridgehead atoms. The molecule has 3 heteroatoms. The molecule has 16 heavy (non-hydrogen) atoms. The fourth-order valence-corrected chi connectivity index (χ4v) is 1.61. The fourth-order valence-electron chi connectivity index (χ4n) is 1.61. The quantitative estimate of drug-likeness (QED) is 0.573. The highest BCUT2D eigenvalue weighted by Crippen LogP contribution is 2.32. The first kappa shape index (κ1) is 10.9. The average Bonchev–Trinajstić information content (AvgIpc) is 3.13. The van der Waals surface area contributed by atoms with E-state index < -0.39 is 0 Å². The van der Waals surface area contributed by atoms with Crippen LogP contribution in [-0.2, 0) is 16.0 Å². The summed E-state index contributed by atoms with van der Waals surface area (Å²) in [5, 5.41) is 0. The molecule has 1 aliphatic carbocycles. The summed E-state index contributed by atoms with van der Waals surface area (Å²) in [4.78, 5) is 22.7. The average molecular weight is 218 g/mol. The Morgan fingerprint density at radius 3 is 2.38 bits per heavy atom. The topological polar surface area (TPSA) is 43.4 Å². The SMILES string of the molecule is COC(=O)Cc1ccc(C(=O)C2CC2)cc1. The minimum Gasteiger partial charge on any atom is -0.469 e. The Labute approximate surface area is 94.4 Å². The molecule has 2 rings (SSSR count). The Kier molecular flexibility index (Phi) is 3.04. The molecule has 1 aromatic rings. The van der Waals surface area contributed by atoms with Gasteiger partial charge in [0.15, 0.2) is 5.78 Å². The third-order valence-electron chi connectivity index (χ3n) is 2.76. The smallest absolute Gasteiger partial charge is 0.309 e. The highest BCUT2D eigenvalue weighted by Gasteiger charge is 2.30. The number of benzene rings is 1. The van der Waals surface area contributed by atoms with Crippen LogP contribution in [0, 0.1) is 5.92 Å². The monoisotopic (exact) mass is 218 g/mol. The first-order chi connectivity index (χ1) is 7.70. The molecule has 0 radical (unpaired) electrons. The summed E-state index contributed by atoms with van der Waals surface area (Å²) < 4.78 is 4.57. The summed E-state index contributed by atoms with van der Waals surface area (Å²) in [6, 6.07) is 7.21. The Morgan fingerprint density at radius 2 is 1.88 bits per heavy atom. The van der Waals surface area contributed by atoms with Crippen molar-refractivity contribution >= 4 is 11.8 Å². The molecule has 0 N–H and O–H groups in total. The molecule has 0 atom stereocenters. The number of rotatable bonds is 4. The molecule has 1 fully saturated rings. The zero-order valence-electron chi connectivity index (χ0n) is 9.23. The Bertz CT molecular complexity index is 402. The van der Waals surface area contributed by atoms with E-state index in [1.165, 1.54) is 7.11 Å². The van der Waals surface area contributed by atoms with Crippen LogP contribution in [0.1, 0.15) is 28.8 Å². The Hall–Kier alpha value is -1.64. The second kappa shape index (κ2) is 4.47. The molecule has 0 spiro atoms. The second-order valence-electron chi connectivity index (χ2n) is 4.09. The lowest BCUT2D eigenvalue weighted by Gasteiger charge is -2.02. The lowest BCUT2D eigenvalue weighted by Crippen LogP contribution is -2.05. The summed E-state index contributed by atoms with van der Waals surface area (Å²) >= 11 is 0. The van der Waals surface area contributed by atoms with Gasteiger partial charge >= 0.3 is 5.97 Å². The lowest BCUT2D eigenvalue weighted by molar-refractivity contribution is -0.139. The van der Waals surface area contributed by atoms with Gasteiger partial charge in [-0.15, -0.1) is 0 Å². The third-order valence-corrected chi connectivity index (χ3v) is 2.76. The van der Waals surface area contributed by atoms with Gasteiger partial charge in [-0.1, -0.05) is 24.3 Å². The van der Waals surface area contributed by atoms with Crippen molar-refractivity contribution in [3.05, 3.63) is 35.4 Å². The second-order valence-corrected chi connectivity index (χ2v) is 4.09. The number of hydrogen-bond acceptors (Lipinski definition) is 3. The van der Waals surface area contributed by atoms with Crippen molar-refractivity contribution in [2.45, 2.75) is 19.3 Å². The van der Waals surface area contributed by atoms with E-state index in [2.05, 4.69) is 4.74 Å². The normalized spacial score (nSPS) is 14.6. The molecule has 0 aromatic heterocycles. The minimum atomic E-state index is -0.263. The van der Waals surface area contributed by atoms with Crippen LogP contribution in [0.15, 0.2) is 24.3 Å². The highest BCUT2D eigenvalue weighted by molar-refractivity contribution is 5.99. The van der Waals surface area contributed by atoms with Crippen molar-refractivity contribution in [2.24, 2.45) is 5.92 Å². The Morgan fingerprint density at radius 1 is 1.25 bits per heavy atom. The first-order valence-corrected chi connectivity index (χ1v) is 5.40. The van der Waals surface area contributed by atoms with Gasteiger partial charge < -0.3 is 4.74 Å². The predicted octanol–water partition coefficient (Wildman–Crippen LogP) is 1.99. The molecule has 0 saturated heterocycles. The van der Waals surface area contributed by atoms with Crippen LogP contribution >= 0.6 is 0 Å². The number of ether oxygens (including phenoxy) is 1. The van der Waals surface area contributed by atoms with Crippen molar-refractivity contribution in [1.29, 1.82) is 0 Å². The zero-order chi connectivity index (χ0) is 11.5. The van der Waals surface area contributed by atoms with Gasteiger partial charge in [0.1, 0.15) is 0 Å². The van der Waals surface area contributed by atoms with Crippen molar-refractivity contribution in [3.8, 4) is 0 Å². The summed E-state index contributed by atoms with van der Waals surface area (Å²) in [5.74, 6) is 0.206. The summed E-state index contributed by atoms with van der Waals surface area (Å²) in [6.45, 7) is 0. The Balaban J connectivity index is 2.03. The number of hydrogen-bond donors (Lipinski definition) is 0. The van der Waals surface area contributed by atoms with Gasteiger partial charge in [-0.05, 0) is 18.4 Å². The maximum atomic E-state index is 11.7. The van der Waals surface area contributed by atoms with Crippen LogP contribution in [0.25, 0.3) is 0 Å². The lowest BCUT2D eigenvalue weighted by atomic mass is 10.0. The number of ketones is 1. The minimum absolute atomic E-state index is 0.226. The third kappa shape index (κ3) is 2.48. The maximum Gasteiger partial charge on any atom is 0.309 e. The summed E-state index contributed by atoms with van der Waals surface area (Å²) in [5.41, 5.74) is 1.62. The summed E-state index contributed by atoms with van der Waals surface area (Å²) in [7, 11) is 1.37. The molecule has 84 valence electrons. The van der Waals surface area contributed by atoms with Crippen LogP contribution in [0.2, 0.25) is 0 Å². The van der Waals surface area contributed by atoms with Crippen LogP contribution in [0.5, 0.6) is 0 Å². The maximum absolute atomic E-state index is 11.7. The van der Waals surface area contributed by atoms with Gasteiger partial charge in [-0.25, -0.2) is 0 Å². The van der Waals surface area contributed by atoms with Gasteiger partial charge in [0.05, 0.1) is 13.5 Å². The van der Waals surface area contributed by atoms with Crippen molar-refractivity contribution in [2.75, 3.05) is 7.11 Å². The van der Waals surface area contributed by atoms with Crippen LogP contribution in [-0.4, -0.2) is 18.9 Å². The van der Waals surface area contributed by atoms with E-state index in [0.29, 0.717) is 0 Å². The van der Waals surface area contributed by atoms with Gasteiger partial charge in [-0.3, -0.25) is 9.59 Å². The molecule has 0 amide bonds. The molecule has 1 aliphatic rings. The molecular weight excluding hydrogens is 204 g/mol. The van der Waals surface area contributed by atoms with Crippen LogP contribution < -0.4 is 0 Å². The highest BCUT2D eigenvalue weighted by atomic mass is 16.5. The number of esters is 1. The van der Waals surface area contributed by atoms with E-state index in [-0.39, 0.29) is 24.1 Å². The standard InChI is InChI=1S/C13H14O3/c1-16-12(14)8-9-2-4-10(5-3-9)13(15)11-6-7-11/h2-5,11H,6-8H2,1H3. The van der Waals surface area contributed by atoms with Crippen LogP contribution in [0.3, 0.4) is 0 Å². The number of methoxy groups -OCH3 is 1. The molecule has 0 aliphatic heterocycles. The first-order valence-electron chi connectivity index (χ1n) is 5.40. The van der Waals surface area contributed by atoms with Crippen molar-refractivity contribution in [3.63, 3.8) is 0 Å². The van der Waals surface area contributed by atoms with Gasteiger partial charge in [0, 0.05) is 11.5 Å². The number of carbonyl (C=O) groups excluding carboxylic acids is 2. The predicted molar refractivity (Wildman–Crippen MR) is 59.2 cm³/mol. The van der Waals surface area contributed by atoms with E-state index in [1.807, 2.05) is 12.1 Å². The summed E-state index contributed by atoms with van der Waals surface area (Å²) in [6.07, 6.45) is 2.29. The number of Topliss-reactive ketones (excluding diaryl/α,β-unsaturated/α-hetero) is 1. The van der Waals surface area contributed by atoms with Crippen molar-refractivity contribution < 1.29 is 14.3 Å². The van der Waals surface area contributed by atoms with E-state index in [9.17, 15) is 9.59 Å².